The van der Waals surface area contributed by atoms with Crippen LogP contribution >= 0.6 is 0 Å². The number of hydrogen-bond donors (Lipinski definition) is 1. The molecule has 8 nitrogen and oxygen atoms in total. The molecule has 4 aromatic carbocycles. The summed E-state index contributed by atoms with van der Waals surface area (Å²) in [6.45, 7) is -0.186. The van der Waals surface area contributed by atoms with E-state index >= 15 is 0 Å². The van der Waals surface area contributed by atoms with Gasteiger partial charge < -0.3 is 18.9 Å². The van der Waals surface area contributed by atoms with E-state index in [4.69, 9.17) is 18.9 Å². The fraction of sp³-hybridized carbons (Fsp3) is 0.107. The average molecular weight is 485 g/mol. The molecule has 0 aliphatic rings. The van der Waals surface area contributed by atoms with Gasteiger partial charge in [0.25, 0.3) is 5.91 Å². The highest BCUT2D eigenvalue weighted by Crippen LogP contribution is 2.29. The molecule has 0 saturated carbocycles. The van der Waals surface area contributed by atoms with Crippen molar-refractivity contribution in [2.45, 2.75) is 0 Å². The van der Waals surface area contributed by atoms with E-state index in [1.807, 2.05) is 42.5 Å². The third kappa shape index (κ3) is 5.98. The number of rotatable bonds is 9. The van der Waals surface area contributed by atoms with Crippen molar-refractivity contribution in [2.75, 3.05) is 20.8 Å². The first-order valence-corrected chi connectivity index (χ1v) is 11.0. The molecule has 0 saturated heterocycles. The van der Waals surface area contributed by atoms with Crippen molar-refractivity contribution in [3.05, 3.63) is 96.1 Å². The first-order chi connectivity index (χ1) is 17.6. The van der Waals surface area contributed by atoms with Gasteiger partial charge in [-0.2, -0.15) is 5.10 Å². The first kappa shape index (κ1) is 24.3. The molecule has 0 bridgehead atoms. The van der Waals surface area contributed by atoms with E-state index in [2.05, 4.69) is 10.5 Å². The quantitative estimate of drug-likeness (QED) is 0.161. The Morgan fingerprint density at radius 3 is 2.39 bits per heavy atom. The fourth-order valence-electron chi connectivity index (χ4n) is 3.41. The van der Waals surface area contributed by atoms with Gasteiger partial charge in [-0.1, -0.05) is 36.4 Å². The van der Waals surface area contributed by atoms with Crippen LogP contribution in [0.15, 0.2) is 90.0 Å². The lowest BCUT2D eigenvalue weighted by Gasteiger charge is -2.10. The lowest BCUT2D eigenvalue weighted by Crippen LogP contribution is -2.24. The molecular formula is C28H24N2O6. The van der Waals surface area contributed by atoms with Gasteiger partial charge in [0.2, 0.25) is 0 Å². The number of nitrogens with zero attached hydrogens (tertiary/aromatic N) is 1. The summed E-state index contributed by atoms with van der Waals surface area (Å²) >= 11 is 0. The van der Waals surface area contributed by atoms with Gasteiger partial charge in [-0.05, 0) is 59.5 Å². The Balaban J connectivity index is 1.33. The van der Waals surface area contributed by atoms with E-state index in [-0.39, 0.29) is 12.4 Å². The molecule has 4 aromatic rings. The Morgan fingerprint density at radius 1 is 0.833 bits per heavy atom. The van der Waals surface area contributed by atoms with Crippen LogP contribution in [0.5, 0.6) is 23.0 Å². The fourth-order valence-corrected chi connectivity index (χ4v) is 3.41. The third-order valence-electron chi connectivity index (χ3n) is 5.23. The molecule has 1 amide bonds. The minimum atomic E-state index is -0.532. The average Bonchev–Trinajstić information content (AvgIpc) is 2.92. The molecule has 0 heterocycles. The number of fused-ring (bicyclic) bond motifs is 1. The summed E-state index contributed by atoms with van der Waals surface area (Å²) in [5, 5.41) is 5.92. The number of hydrazone groups is 1. The maximum Gasteiger partial charge on any atom is 0.343 e. The van der Waals surface area contributed by atoms with E-state index in [0.29, 0.717) is 28.4 Å². The van der Waals surface area contributed by atoms with Crippen molar-refractivity contribution in [3.63, 3.8) is 0 Å². The molecule has 0 fully saturated rings. The Bertz CT molecular complexity index is 1390. The number of carbonyl (C=O) groups excluding carboxylic acids is 2. The summed E-state index contributed by atoms with van der Waals surface area (Å²) in [4.78, 5) is 24.6. The normalized spacial score (nSPS) is 10.7. The summed E-state index contributed by atoms with van der Waals surface area (Å²) in [6, 6.07) is 24.9. The monoisotopic (exact) mass is 484 g/mol. The van der Waals surface area contributed by atoms with Crippen molar-refractivity contribution in [3.8, 4) is 23.0 Å². The van der Waals surface area contributed by atoms with Gasteiger partial charge in [0, 0.05) is 5.39 Å². The van der Waals surface area contributed by atoms with Gasteiger partial charge >= 0.3 is 5.97 Å². The standard InChI is InChI=1S/C28H24N2O6/c1-33-22-13-11-21(12-14-22)28(32)36-25-15-10-19(16-26(25)34-2)17-29-30-27(31)18-35-24-9-5-7-20-6-3-4-8-23(20)24/h3-17H,18H2,1-2H3,(H,30,31)/b29-17+. The number of amides is 1. The molecule has 0 radical (unpaired) electrons. The summed E-state index contributed by atoms with van der Waals surface area (Å²) in [6.07, 6.45) is 1.45. The zero-order chi connectivity index (χ0) is 25.3. The highest BCUT2D eigenvalue weighted by atomic mass is 16.6. The molecule has 0 spiro atoms. The molecule has 8 heteroatoms. The summed E-state index contributed by atoms with van der Waals surface area (Å²) in [5.41, 5.74) is 3.44. The maximum absolute atomic E-state index is 12.4. The van der Waals surface area contributed by atoms with Crippen molar-refractivity contribution < 1.29 is 28.5 Å². The van der Waals surface area contributed by atoms with Crippen LogP contribution in [0.4, 0.5) is 0 Å². The lowest BCUT2D eigenvalue weighted by atomic mass is 10.1. The van der Waals surface area contributed by atoms with Crippen molar-refractivity contribution in [1.29, 1.82) is 0 Å². The largest absolute Gasteiger partial charge is 0.497 e. The van der Waals surface area contributed by atoms with Crippen molar-refractivity contribution in [1.82, 2.24) is 5.43 Å². The Labute approximate surface area is 208 Å². The number of methoxy groups -OCH3 is 2. The molecule has 0 aliphatic carbocycles. The van der Waals surface area contributed by atoms with E-state index in [0.717, 1.165) is 10.8 Å². The highest BCUT2D eigenvalue weighted by Gasteiger charge is 2.13. The molecule has 0 atom stereocenters. The molecule has 182 valence electrons. The van der Waals surface area contributed by atoms with Crippen LogP contribution < -0.4 is 24.4 Å². The minimum Gasteiger partial charge on any atom is -0.497 e. The van der Waals surface area contributed by atoms with Crippen LogP contribution in [-0.4, -0.2) is 38.9 Å². The minimum absolute atomic E-state index is 0.186. The molecule has 1 N–H and O–H groups in total. The van der Waals surface area contributed by atoms with Crippen molar-refractivity contribution >= 4 is 28.9 Å². The van der Waals surface area contributed by atoms with Gasteiger partial charge in [0.15, 0.2) is 18.1 Å². The maximum atomic E-state index is 12.4. The topological polar surface area (TPSA) is 95.5 Å². The SMILES string of the molecule is COc1ccc(C(=O)Oc2ccc(/C=N/NC(=O)COc3cccc4ccccc34)cc2OC)cc1. The van der Waals surface area contributed by atoms with Gasteiger partial charge in [-0.3, -0.25) is 4.79 Å². The Kier molecular flexibility index (Phi) is 7.77. The predicted molar refractivity (Wildman–Crippen MR) is 136 cm³/mol. The Hall–Kier alpha value is -4.85. The number of esters is 1. The molecular weight excluding hydrogens is 460 g/mol. The van der Waals surface area contributed by atoms with E-state index < -0.39 is 11.9 Å². The van der Waals surface area contributed by atoms with Crippen LogP contribution in [0.3, 0.4) is 0 Å². The van der Waals surface area contributed by atoms with Crippen LogP contribution in [0, 0.1) is 0 Å². The number of benzene rings is 4. The third-order valence-corrected chi connectivity index (χ3v) is 5.23. The van der Waals surface area contributed by atoms with E-state index in [1.54, 1.807) is 49.6 Å². The van der Waals surface area contributed by atoms with Gasteiger partial charge in [-0.15, -0.1) is 0 Å². The van der Waals surface area contributed by atoms with E-state index in [9.17, 15) is 9.59 Å². The van der Waals surface area contributed by atoms with Crippen LogP contribution in [-0.2, 0) is 4.79 Å². The first-order valence-electron chi connectivity index (χ1n) is 11.0. The zero-order valence-corrected chi connectivity index (χ0v) is 19.8. The summed E-state index contributed by atoms with van der Waals surface area (Å²) in [7, 11) is 3.02. The molecule has 0 unspecified atom stereocenters. The summed E-state index contributed by atoms with van der Waals surface area (Å²) < 4.78 is 21.6. The number of hydrogen-bond acceptors (Lipinski definition) is 7. The number of carbonyl (C=O) groups is 2. The van der Waals surface area contributed by atoms with Crippen LogP contribution in [0.25, 0.3) is 10.8 Å². The lowest BCUT2D eigenvalue weighted by molar-refractivity contribution is -0.123. The van der Waals surface area contributed by atoms with Gasteiger partial charge in [-0.25, -0.2) is 10.2 Å². The second-order valence-corrected chi connectivity index (χ2v) is 7.59. The number of ether oxygens (including phenoxy) is 4. The predicted octanol–water partition coefficient (Wildman–Crippen LogP) is 4.61. The summed E-state index contributed by atoms with van der Waals surface area (Å²) in [5.74, 6) is 0.915. The van der Waals surface area contributed by atoms with Crippen LogP contribution in [0.2, 0.25) is 0 Å². The van der Waals surface area contributed by atoms with Gasteiger partial charge in [0.1, 0.15) is 11.5 Å². The molecule has 0 aliphatic heterocycles. The highest BCUT2D eigenvalue weighted by molar-refractivity contribution is 5.92. The second-order valence-electron chi connectivity index (χ2n) is 7.59. The molecule has 36 heavy (non-hydrogen) atoms. The van der Waals surface area contributed by atoms with Gasteiger partial charge in [0.05, 0.1) is 26.0 Å². The van der Waals surface area contributed by atoms with E-state index in [1.165, 1.54) is 13.3 Å². The number of nitrogens with one attached hydrogen (secondary N) is 1. The van der Waals surface area contributed by atoms with Crippen LogP contribution in [0.1, 0.15) is 15.9 Å². The van der Waals surface area contributed by atoms with Crippen molar-refractivity contribution in [2.24, 2.45) is 5.10 Å². The molecule has 0 aromatic heterocycles. The smallest absolute Gasteiger partial charge is 0.343 e. The molecule has 4 rings (SSSR count). The Morgan fingerprint density at radius 2 is 1.61 bits per heavy atom. The second kappa shape index (κ2) is 11.5. The zero-order valence-electron chi connectivity index (χ0n) is 19.8.